The highest BCUT2D eigenvalue weighted by molar-refractivity contribution is 5.78. The molecule has 0 bridgehead atoms. The van der Waals surface area contributed by atoms with E-state index in [1.54, 1.807) is 25.3 Å². The first-order valence-corrected chi connectivity index (χ1v) is 5.18. The molecule has 2 N–H and O–H groups in total. The maximum Gasteiger partial charge on any atom is 0.119 e. The van der Waals surface area contributed by atoms with E-state index in [2.05, 4.69) is 6.07 Å². The number of rotatable bonds is 2. The number of benzene rings is 2. The van der Waals surface area contributed by atoms with Crippen LogP contribution < -0.4 is 10.5 Å². The molecule has 0 spiro atoms. The average molecular weight is 224 g/mol. The van der Waals surface area contributed by atoms with Crippen molar-refractivity contribution in [3.63, 3.8) is 0 Å². The molecule has 0 aliphatic carbocycles. The first-order chi connectivity index (χ1) is 8.24. The van der Waals surface area contributed by atoms with Gasteiger partial charge in [-0.25, -0.2) is 0 Å². The number of nitrogen functional groups attached to an aromatic ring is 1. The summed E-state index contributed by atoms with van der Waals surface area (Å²) in [6.45, 7) is 0. The Kier molecular flexibility index (Phi) is 2.97. The minimum Gasteiger partial charge on any atom is -0.497 e. The molecule has 0 aromatic heterocycles. The lowest BCUT2D eigenvalue weighted by Crippen LogP contribution is -1.91. The van der Waals surface area contributed by atoms with Gasteiger partial charge in [0, 0.05) is 11.3 Å². The fourth-order valence-corrected chi connectivity index (χ4v) is 1.67. The van der Waals surface area contributed by atoms with Crippen molar-refractivity contribution in [3.8, 4) is 22.9 Å². The highest BCUT2D eigenvalue weighted by Gasteiger charge is 2.05. The van der Waals surface area contributed by atoms with Crippen LogP contribution in [0.1, 0.15) is 5.56 Å². The Morgan fingerprint density at radius 2 is 2.00 bits per heavy atom. The van der Waals surface area contributed by atoms with Crippen LogP contribution in [0.15, 0.2) is 42.5 Å². The third kappa shape index (κ3) is 2.21. The minimum absolute atomic E-state index is 0.594. The molecule has 0 heterocycles. The maximum atomic E-state index is 8.89. The molecule has 3 heteroatoms. The fraction of sp³-hybridized carbons (Fsp3) is 0.0714. The molecule has 0 unspecified atom stereocenters. The van der Waals surface area contributed by atoms with Crippen LogP contribution in [0.4, 0.5) is 5.69 Å². The van der Waals surface area contributed by atoms with Crippen molar-refractivity contribution in [2.75, 3.05) is 12.8 Å². The van der Waals surface area contributed by atoms with E-state index in [-0.39, 0.29) is 0 Å². The van der Waals surface area contributed by atoms with E-state index in [4.69, 9.17) is 15.7 Å². The summed E-state index contributed by atoms with van der Waals surface area (Å²) in [5, 5.41) is 8.89. The van der Waals surface area contributed by atoms with E-state index in [0.717, 1.165) is 16.9 Å². The quantitative estimate of drug-likeness (QED) is 0.798. The van der Waals surface area contributed by atoms with Crippen LogP contribution in [0.2, 0.25) is 0 Å². The van der Waals surface area contributed by atoms with E-state index in [1.807, 2.05) is 24.3 Å². The first kappa shape index (κ1) is 11.0. The number of nitrogens with two attached hydrogens (primary N) is 1. The lowest BCUT2D eigenvalue weighted by molar-refractivity contribution is 0.415. The molecule has 0 saturated carbocycles. The van der Waals surface area contributed by atoms with Gasteiger partial charge in [0.1, 0.15) is 5.75 Å². The lowest BCUT2D eigenvalue weighted by atomic mass is 10.0. The van der Waals surface area contributed by atoms with Gasteiger partial charge in [0.25, 0.3) is 0 Å². The topological polar surface area (TPSA) is 59.0 Å². The number of hydrogen-bond acceptors (Lipinski definition) is 3. The number of nitriles is 1. The standard InChI is InChI=1S/C14H12N2O/c1-17-12-4-2-3-11(8-12)13-7-10(9-15)5-6-14(13)16/h2-8H,16H2,1H3. The molecule has 2 aromatic carbocycles. The van der Waals surface area contributed by atoms with Gasteiger partial charge >= 0.3 is 0 Å². The van der Waals surface area contributed by atoms with E-state index in [0.29, 0.717) is 11.3 Å². The predicted octanol–water partition coefficient (Wildman–Crippen LogP) is 2.82. The van der Waals surface area contributed by atoms with E-state index in [9.17, 15) is 0 Å². The Morgan fingerprint density at radius 1 is 1.18 bits per heavy atom. The molecule has 0 atom stereocenters. The van der Waals surface area contributed by atoms with E-state index in [1.165, 1.54) is 0 Å². The molecule has 84 valence electrons. The van der Waals surface area contributed by atoms with Crippen molar-refractivity contribution in [1.29, 1.82) is 5.26 Å². The molecule has 2 rings (SSSR count). The van der Waals surface area contributed by atoms with Crippen LogP contribution in [0.3, 0.4) is 0 Å². The Hall–Kier alpha value is -2.47. The summed E-state index contributed by atoms with van der Waals surface area (Å²) >= 11 is 0. The van der Waals surface area contributed by atoms with Gasteiger partial charge in [-0.15, -0.1) is 0 Å². The van der Waals surface area contributed by atoms with Gasteiger partial charge in [0.15, 0.2) is 0 Å². The van der Waals surface area contributed by atoms with Gasteiger partial charge in [-0.3, -0.25) is 0 Å². The van der Waals surface area contributed by atoms with Crippen molar-refractivity contribution >= 4 is 5.69 Å². The SMILES string of the molecule is COc1cccc(-c2cc(C#N)ccc2N)c1. The van der Waals surface area contributed by atoms with Gasteiger partial charge in [-0.1, -0.05) is 12.1 Å². The zero-order valence-electron chi connectivity index (χ0n) is 9.47. The monoisotopic (exact) mass is 224 g/mol. The van der Waals surface area contributed by atoms with Gasteiger partial charge in [0.2, 0.25) is 0 Å². The van der Waals surface area contributed by atoms with Gasteiger partial charge in [-0.2, -0.15) is 5.26 Å². The second-order valence-corrected chi connectivity index (χ2v) is 3.65. The molecular weight excluding hydrogens is 212 g/mol. The minimum atomic E-state index is 0.594. The lowest BCUT2D eigenvalue weighted by Gasteiger charge is -2.08. The second-order valence-electron chi connectivity index (χ2n) is 3.65. The molecule has 0 radical (unpaired) electrons. The normalized spacial score (nSPS) is 9.65. The number of anilines is 1. The summed E-state index contributed by atoms with van der Waals surface area (Å²) in [6, 6.07) is 14.9. The second kappa shape index (κ2) is 4.58. The maximum absolute atomic E-state index is 8.89. The van der Waals surface area contributed by atoms with Crippen LogP contribution in [0.5, 0.6) is 5.75 Å². The van der Waals surface area contributed by atoms with Crippen molar-refractivity contribution < 1.29 is 4.74 Å². The Labute approximate surface area is 100 Å². The Bertz CT molecular complexity index is 585. The van der Waals surface area contributed by atoms with Gasteiger partial charge in [-0.05, 0) is 35.9 Å². The van der Waals surface area contributed by atoms with Crippen LogP contribution in [-0.4, -0.2) is 7.11 Å². The fourth-order valence-electron chi connectivity index (χ4n) is 1.67. The van der Waals surface area contributed by atoms with Crippen LogP contribution in [0, 0.1) is 11.3 Å². The summed E-state index contributed by atoms with van der Waals surface area (Å²) in [5.74, 6) is 0.768. The molecule has 0 fully saturated rings. The van der Waals surface area contributed by atoms with Gasteiger partial charge in [0.05, 0.1) is 18.7 Å². The van der Waals surface area contributed by atoms with Crippen molar-refractivity contribution in [2.24, 2.45) is 0 Å². The predicted molar refractivity (Wildman–Crippen MR) is 67.6 cm³/mol. The van der Waals surface area contributed by atoms with Crippen molar-refractivity contribution in [3.05, 3.63) is 48.0 Å². The average Bonchev–Trinajstić information content (AvgIpc) is 2.39. The molecule has 0 aliphatic rings. The summed E-state index contributed by atoms with van der Waals surface area (Å²) in [7, 11) is 1.62. The van der Waals surface area contributed by atoms with Gasteiger partial charge < -0.3 is 10.5 Å². The molecule has 3 nitrogen and oxygen atoms in total. The molecule has 0 aliphatic heterocycles. The molecular formula is C14H12N2O. The molecule has 17 heavy (non-hydrogen) atoms. The van der Waals surface area contributed by atoms with E-state index >= 15 is 0 Å². The molecule has 0 amide bonds. The highest BCUT2D eigenvalue weighted by Crippen LogP contribution is 2.29. The Morgan fingerprint density at radius 3 is 2.71 bits per heavy atom. The van der Waals surface area contributed by atoms with Crippen molar-refractivity contribution in [1.82, 2.24) is 0 Å². The summed E-state index contributed by atoms with van der Waals surface area (Å²) in [6.07, 6.45) is 0. The molecule has 2 aromatic rings. The van der Waals surface area contributed by atoms with Crippen LogP contribution in [0.25, 0.3) is 11.1 Å². The van der Waals surface area contributed by atoms with Crippen LogP contribution >= 0.6 is 0 Å². The van der Waals surface area contributed by atoms with E-state index < -0.39 is 0 Å². The first-order valence-electron chi connectivity index (χ1n) is 5.18. The number of hydrogen-bond donors (Lipinski definition) is 1. The zero-order valence-corrected chi connectivity index (χ0v) is 9.47. The number of ether oxygens (including phenoxy) is 1. The molecule has 0 saturated heterocycles. The highest BCUT2D eigenvalue weighted by atomic mass is 16.5. The number of nitrogens with zero attached hydrogens (tertiary/aromatic N) is 1. The summed E-state index contributed by atoms with van der Waals surface area (Å²) < 4.78 is 5.17. The summed E-state index contributed by atoms with van der Waals surface area (Å²) in [4.78, 5) is 0. The summed E-state index contributed by atoms with van der Waals surface area (Å²) in [5.41, 5.74) is 8.96. The zero-order chi connectivity index (χ0) is 12.3. The van der Waals surface area contributed by atoms with Crippen molar-refractivity contribution in [2.45, 2.75) is 0 Å². The largest absolute Gasteiger partial charge is 0.497 e. The number of methoxy groups -OCH3 is 1. The third-order valence-corrected chi connectivity index (χ3v) is 2.56. The van der Waals surface area contributed by atoms with Crippen LogP contribution in [-0.2, 0) is 0 Å². The smallest absolute Gasteiger partial charge is 0.119 e. The third-order valence-electron chi connectivity index (χ3n) is 2.56. The Balaban J connectivity index is 2.55.